The second-order valence-corrected chi connectivity index (χ2v) is 11.5. The van der Waals surface area contributed by atoms with Gasteiger partial charge in [0.15, 0.2) is 11.5 Å². The third-order valence-electron chi connectivity index (χ3n) is 8.52. The van der Waals surface area contributed by atoms with Crippen LogP contribution in [0.25, 0.3) is 0 Å². The van der Waals surface area contributed by atoms with E-state index in [1.54, 1.807) is 66.7 Å². The van der Waals surface area contributed by atoms with Crippen molar-refractivity contribution in [3.63, 3.8) is 0 Å². The second-order valence-electron chi connectivity index (χ2n) is 11.5. The third kappa shape index (κ3) is 7.56. The van der Waals surface area contributed by atoms with E-state index in [1.807, 2.05) is 0 Å². The molecular formula is C34H39N5O7. The van der Waals surface area contributed by atoms with Crippen molar-refractivity contribution in [3.05, 3.63) is 77.6 Å². The van der Waals surface area contributed by atoms with E-state index >= 15 is 0 Å². The summed E-state index contributed by atoms with van der Waals surface area (Å²) < 4.78 is 10.7. The summed E-state index contributed by atoms with van der Waals surface area (Å²) in [6, 6.07) is 12.8. The molecule has 0 bridgehead atoms. The Balaban J connectivity index is 1.35. The number of amides is 3. The van der Waals surface area contributed by atoms with E-state index < -0.39 is 17.9 Å². The third-order valence-corrected chi connectivity index (χ3v) is 8.52. The van der Waals surface area contributed by atoms with Crippen LogP contribution in [0.4, 0.5) is 11.4 Å². The van der Waals surface area contributed by atoms with Gasteiger partial charge in [-0.1, -0.05) is 12.5 Å². The number of carbonyl (C=O) groups is 4. The Hall–Kier alpha value is -5.13. The Labute approximate surface area is 267 Å². The number of methoxy groups -OCH3 is 2. The second kappa shape index (κ2) is 14.8. The zero-order valence-corrected chi connectivity index (χ0v) is 26.0. The zero-order valence-electron chi connectivity index (χ0n) is 26.0. The van der Waals surface area contributed by atoms with Gasteiger partial charge in [-0.2, -0.15) is 0 Å². The summed E-state index contributed by atoms with van der Waals surface area (Å²) in [5.41, 5.74) is 2.61. The molecule has 0 spiro atoms. The molecule has 242 valence electrons. The number of carbonyl (C=O) groups excluding carboxylic acids is 3. The molecular weight excluding hydrogens is 590 g/mol. The molecule has 1 saturated heterocycles. The number of carboxylic acids is 1. The monoisotopic (exact) mass is 629 g/mol. The lowest BCUT2D eigenvalue weighted by atomic mass is 9.85. The van der Waals surface area contributed by atoms with Crippen LogP contribution < -0.4 is 25.0 Å². The first-order valence-corrected chi connectivity index (χ1v) is 15.4. The lowest BCUT2D eigenvalue weighted by molar-refractivity contribution is -0.137. The minimum absolute atomic E-state index is 0.0744. The van der Waals surface area contributed by atoms with Gasteiger partial charge in [0.05, 0.1) is 38.1 Å². The van der Waals surface area contributed by atoms with E-state index in [2.05, 4.69) is 20.5 Å². The van der Waals surface area contributed by atoms with Crippen LogP contribution in [0.15, 0.2) is 60.9 Å². The van der Waals surface area contributed by atoms with Crippen LogP contribution >= 0.6 is 0 Å². The van der Waals surface area contributed by atoms with Crippen LogP contribution in [0.1, 0.15) is 64.4 Å². The van der Waals surface area contributed by atoms with E-state index in [0.29, 0.717) is 60.9 Å². The van der Waals surface area contributed by atoms with Crippen LogP contribution in [-0.2, 0) is 9.59 Å². The minimum Gasteiger partial charge on any atom is -0.493 e. The Morgan fingerprint density at radius 1 is 0.935 bits per heavy atom. The molecule has 1 aliphatic heterocycles. The maximum atomic E-state index is 13.4. The molecule has 1 aliphatic carbocycles. The molecule has 1 unspecified atom stereocenters. The van der Waals surface area contributed by atoms with Crippen LogP contribution in [0, 0.1) is 5.92 Å². The molecule has 12 nitrogen and oxygen atoms in total. The standard InChI is InChI=1S/C34H39N5O7/c1-45-29-12-10-24(19-30(29)46-2)34(44)39-15-5-14-38(16-17-39)28-11-9-23(18-27(28)37-32(42)22-6-3-7-22)33(43)36-26(20-31(40)41)25-8-4-13-35-21-25/h4,8-13,18-19,21-22,26H,3,5-7,14-17,20H2,1-2H3,(H,36,43)(H,37,42)(H,40,41). The van der Waals surface area contributed by atoms with Gasteiger partial charge in [-0.05, 0) is 67.3 Å². The number of nitrogens with one attached hydrogen (secondary N) is 2. The number of aromatic nitrogens is 1. The average Bonchev–Trinajstić information content (AvgIpc) is 3.29. The highest BCUT2D eigenvalue weighted by Gasteiger charge is 2.28. The lowest BCUT2D eigenvalue weighted by Gasteiger charge is -2.29. The number of aliphatic carboxylic acids is 1. The summed E-state index contributed by atoms with van der Waals surface area (Å²) in [6.07, 6.45) is 6.13. The van der Waals surface area contributed by atoms with E-state index in [9.17, 15) is 24.3 Å². The summed E-state index contributed by atoms with van der Waals surface area (Å²) in [5, 5.41) is 15.3. The number of benzene rings is 2. The fourth-order valence-corrected chi connectivity index (χ4v) is 5.72. The molecule has 1 aromatic heterocycles. The van der Waals surface area contributed by atoms with Crippen molar-refractivity contribution in [3.8, 4) is 11.5 Å². The summed E-state index contributed by atoms with van der Waals surface area (Å²) >= 11 is 0. The first kappa shape index (κ1) is 32.3. The number of carboxylic acid groups (broad SMARTS) is 1. The van der Waals surface area contributed by atoms with Crippen molar-refractivity contribution >= 4 is 35.1 Å². The van der Waals surface area contributed by atoms with E-state index in [0.717, 1.165) is 24.9 Å². The topological polar surface area (TPSA) is 150 Å². The van der Waals surface area contributed by atoms with Gasteiger partial charge in [0.25, 0.3) is 11.8 Å². The van der Waals surface area contributed by atoms with Crippen molar-refractivity contribution in [2.45, 2.75) is 38.1 Å². The van der Waals surface area contributed by atoms with Gasteiger partial charge in [-0.25, -0.2) is 0 Å². The van der Waals surface area contributed by atoms with E-state index in [-0.39, 0.29) is 29.7 Å². The molecule has 3 N–H and O–H groups in total. The quantitative estimate of drug-likeness (QED) is 0.284. The number of pyridine rings is 1. The molecule has 2 aliphatic rings. The number of hydrogen-bond donors (Lipinski definition) is 3. The van der Waals surface area contributed by atoms with Crippen molar-refractivity contribution in [2.75, 3.05) is 50.6 Å². The van der Waals surface area contributed by atoms with Crippen LogP contribution in [0.2, 0.25) is 0 Å². The maximum Gasteiger partial charge on any atom is 0.305 e. The maximum absolute atomic E-state index is 13.4. The minimum atomic E-state index is -1.06. The Morgan fingerprint density at radius 3 is 2.39 bits per heavy atom. The SMILES string of the molecule is COc1ccc(C(=O)N2CCCN(c3ccc(C(=O)NC(CC(=O)O)c4cccnc4)cc3NC(=O)C3CCC3)CC2)cc1OC. The van der Waals surface area contributed by atoms with Gasteiger partial charge in [0, 0.05) is 55.6 Å². The fraction of sp³-hybridized carbons (Fsp3) is 0.382. The Bertz CT molecular complexity index is 1580. The fourth-order valence-electron chi connectivity index (χ4n) is 5.72. The van der Waals surface area contributed by atoms with Gasteiger partial charge < -0.3 is 35.0 Å². The van der Waals surface area contributed by atoms with Crippen molar-refractivity contribution < 1.29 is 33.8 Å². The number of hydrogen-bond acceptors (Lipinski definition) is 8. The molecule has 3 amide bonds. The molecule has 1 atom stereocenters. The van der Waals surface area contributed by atoms with Crippen molar-refractivity contribution in [1.29, 1.82) is 0 Å². The van der Waals surface area contributed by atoms with Gasteiger partial charge in [0.2, 0.25) is 5.91 Å². The van der Waals surface area contributed by atoms with Crippen LogP contribution in [0.3, 0.4) is 0 Å². The van der Waals surface area contributed by atoms with Gasteiger partial charge in [-0.15, -0.1) is 0 Å². The Morgan fingerprint density at radius 2 is 1.72 bits per heavy atom. The molecule has 5 rings (SSSR count). The first-order valence-electron chi connectivity index (χ1n) is 15.4. The summed E-state index contributed by atoms with van der Waals surface area (Å²) in [4.78, 5) is 59.5. The highest BCUT2D eigenvalue weighted by atomic mass is 16.5. The Kier molecular flexibility index (Phi) is 10.4. The smallest absolute Gasteiger partial charge is 0.305 e. The predicted molar refractivity (Wildman–Crippen MR) is 171 cm³/mol. The zero-order chi connectivity index (χ0) is 32.6. The molecule has 46 heavy (non-hydrogen) atoms. The predicted octanol–water partition coefficient (Wildman–Crippen LogP) is 4.14. The first-order chi connectivity index (χ1) is 22.3. The van der Waals surface area contributed by atoms with Crippen molar-refractivity contribution in [1.82, 2.24) is 15.2 Å². The van der Waals surface area contributed by atoms with Crippen LogP contribution in [0.5, 0.6) is 11.5 Å². The van der Waals surface area contributed by atoms with Crippen LogP contribution in [-0.4, -0.2) is 79.1 Å². The summed E-state index contributed by atoms with van der Waals surface area (Å²) in [6.45, 7) is 2.15. The number of anilines is 2. The number of nitrogens with zero attached hydrogens (tertiary/aromatic N) is 3. The molecule has 2 heterocycles. The van der Waals surface area contributed by atoms with E-state index in [4.69, 9.17) is 9.47 Å². The van der Waals surface area contributed by atoms with Gasteiger partial charge in [-0.3, -0.25) is 24.2 Å². The molecule has 2 aromatic carbocycles. The summed E-state index contributed by atoms with van der Waals surface area (Å²) in [5.74, 6) is -0.780. The highest BCUT2D eigenvalue weighted by Crippen LogP contribution is 2.33. The van der Waals surface area contributed by atoms with E-state index in [1.165, 1.54) is 13.3 Å². The molecule has 3 aromatic rings. The average molecular weight is 630 g/mol. The summed E-state index contributed by atoms with van der Waals surface area (Å²) in [7, 11) is 3.07. The van der Waals surface area contributed by atoms with Gasteiger partial charge >= 0.3 is 5.97 Å². The van der Waals surface area contributed by atoms with Crippen molar-refractivity contribution in [2.24, 2.45) is 5.92 Å². The number of rotatable bonds is 11. The van der Waals surface area contributed by atoms with Gasteiger partial charge in [0.1, 0.15) is 0 Å². The lowest BCUT2D eigenvalue weighted by Crippen LogP contribution is -2.35. The molecule has 12 heteroatoms. The largest absolute Gasteiger partial charge is 0.493 e. The molecule has 0 radical (unpaired) electrons. The molecule has 1 saturated carbocycles. The normalized spacial score (nSPS) is 15.6. The molecule has 2 fully saturated rings. The highest BCUT2D eigenvalue weighted by molar-refractivity contribution is 6.01. The number of ether oxygens (including phenoxy) is 2.